The molecule has 0 aliphatic rings. The second-order valence-electron chi connectivity index (χ2n) is 6.03. The zero-order valence-corrected chi connectivity index (χ0v) is 13.9. The lowest BCUT2D eigenvalue weighted by Crippen LogP contribution is -2.32. The fourth-order valence-corrected chi connectivity index (χ4v) is 2.94. The lowest BCUT2D eigenvalue weighted by Gasteiger charge is -2.13. The Labute approximate surface area is 146 Å². The Morgan fingerprint density at radius 2 is 2.15 bits per heavy atom. The fourth-order valence-electron chi connectivity index (χ4n) is 2.94. The van der Waals surface area contributed by atoms with Crippen LogP contribution in [0.15, 0.2) is 52.0 Å². The average Bonchev–Trinajstić information content (AvgIpc) is 3.11. The van der Waals surface area contributed by atoms with E-state index in [1.165, 1.54) is 21.3 Å². The number of furan rings is 1. The van der Waals surface area contributed by atoms with Crippen LogP contribution in [0.3, 0.4) is 0 Å². The van der Waals surface area contributed by atoms with Gasteiger partial charge in [0.2, 0.25) is 0 Å². The van der Waals surface area contributed by atoms with Crippen LogP contribution in [0.5, 0.6) is 0 Å². The Morgan fingerprint density at radius 1 is 1.35 bits per heavy atom. The summed E-state index contributed by atoms with van der Waals surface area (Å²) in [7, 11) is 0. The maximum Gasteiger partial charge on any atom is 0.267 e. The Bertz CT molecular complexity index is 1280. The molecular weight excluding hydrogens is 334 g/mol. The smallest absolute Gasteiger partial charge is 0.267 e. The van der Waals surface area contributed by atoms with Gasteiger partial charge in [0.15, 0.2) is 0 Å². The summed E-state index contributed by atoms with van der Waals surface area (Å²) in [6, 6.07) is 8.39. The number of carbonyl (C=O) groups is 1. The molecule has 3 N–H and O–H groups in total. The number of pyridine rings is 2. The molecule has 4 aromatic rings. The van der Waals surface area contributed by atoms with Crippen LogP contribution in [0.1, 0.15) is 21.7 Å². The van der Waals surface area contributed by atoms with Crippen molar-refractivity contribution in [2.45, 2.75) is 13.5 Å². The molecule has 0 radical (unpaired) electrons. The van der Waals surface area contributed by atoms with Gasteiger partial charge in [-0.15, -0.1) is 0 Å². The molecule has 1 amide bonds. The summed E-state index contributed by atoms with van der Waals surface area (Å²) in [6.45, 7) is 2.02. The van der Waals surface area contributed by atoms with E-state index in [1.807, 2.05) is 13.0 Å². The second kappa shape index (κ2) is 5.69. The summed E-state index contributed by atoms with van der Waals surface area (Å²) in [6.07, 6.45) is 3.19. The van der Waals surface area contributed by atoms with E-state index in [2.05, 4.69) is 4.98 Å². The third-order valence-corrected chi connectivity index (χ3v) is 4.21. The van der Waals surface area contributed by atoms with Gasteiger partial charge in [-0.1, -0.05) is 6.07 Å². The van der Waals surface area contributed by atoms with Crippen LogP contribution in [0, 0.1) is 12.3 Å². The molecule has 4 heterocycles. The highest BCUT2D eigenvalue weighted by Crippen LogP contribution is 2.13. The molecule has 4 aromatic heterocycles. The van der Waals surface area contributed by atoms with E-state index in [0.29, 0.717) is 17.1 Å². The third-order valence-electron chi connectivity index (χ3n) is 4.21. The van der Waals surface area contributed by atoms with E-state index in [9.17, 15) is 9.59 Å². The van der Waals surface area contributed by atoms with Crippen LogP contribution in [0.4, 0.5) is 0 Å². The minimum absolute atomic E-state index is 0.0458. The van der Waals surface area contributed by atoms with Crippen LogP contribution < -0.4 is 16.8 Å². The number of hydrogen-bond acceptors (Lipinski definition) is 5. The number of rotatable bonds is 3. The van der Waals surface area contributed by atoms with E-state index in [1.54, 1.807) is 24.4 Å². The van der Waals surface area contributed by atoms with Gasteiger partial charge in [-0.05, 0) is 36.8 Å². The van der Waals surface area contributed by atoms with Crippen LogP contribution in [-0.4, -0.2) is 19.9 Å². The summed E-state index contributed by atoms with van der Waals surface area (Å²) in [5.74, 6) is -0.212. The van der Waals surface area contributed by atoms with Crippen LogP contribution in [0.2, 0.25) is 0 Å². The Morgan fingerprint density at radius 3 is 2.85 bits per heavy atom. The molecule has 0 atom stereocenters. The van der Waals surface area contributed by atoms with Gasteiger partial charge in [0, 0.05) is 6.20 Å². The molecular formula is C18H15N5O3. The molecule has 0 spiro atoms. The third kappa shape index (κ3) is 2.39. The first-order valence-electron chi connectivity index (χ1n) is 7.89. The monoisotopic (exact) mass is 349 g/mol. The highest BCUT2D eigenvalue weighted by atomic mass is 16.3. The number of fused-ring (bicyclic) bond motifs is 2. The second-order valence-corrected chi connectivity index (χ2v) is 6.03. The Kier molecular flexibility index (Phi) is 3.47. The number of hydrogen-bond donors (Lipinski definition) is 2. The van der Waals surface area contributed by atoms with Crippen molar-refractivity contribution in [3.05, 3.63) is 75.5 Å². The quantitative estimate of drug-likeness (QED) is 0.540. The van der Waals surface area contributed by atoms with Crippen LogP contribution in [-0.2, 0) is 6.54 Å². The lowest BCUT2D eigenvalue weighted by molar-refractivity contribution is 0.0998. The maximum absolute atomic E-state index is 13.0. The van der Waals surface area contributed by atoms with E-state index in [0.717, 1.165) is 5.56 Å². The topological polar surface area (TPSA) is 119 Å². The Balaban J connectivity index is 2.16. The molecule has 0 aromatic carbocycles. The fraction of sp³-hybridized carbons (Fsp3) is 0.111. The zero-order valence-electron chi connectivity index (χ0n) is 13.9. The molecule has 0 fully saturated rings. The number of carbonyl (C=O) groups excluding carboxylic acids is 1. The van der Waals surface area contributed by atoms with Crippen molar-refractivity contribution in [2.24, 2.45) is 5.73 Å². The predicted octanol–water partition coefficient (Wildman–Crippen LogP) is 1.18. The predicted molar refractivity (Wildman–Crippen MR) is 93.9 cm³/mol. The van der Waals surface area contributed by atoms with Gasteiger partial charge >= 0.3 is 0 Å². The number of primary amides is 1. The molecule has 0 aliphatic heterocycles. The first-order valence-corrected chi connectivity index (χ1v) is 7.89. The molecule has 0 aliphatic carbocycles. The summed E-state index contributed by atoms with van der Waals surface area (Å²) in [4.78, 5) is 29.3. The summed E-state index contributed by atoms with van der Waals surface area (Å²) >= 11 is 0. The van der Waals surface area contributed by atoms with Crippen LogP contribution in [0.25, 0.3) is 16.7 Å². The van der Waals surface area contributed by atoms with Crippen molar-refractivity contribution in [3.8, 4) is 0 Å². The molecule has 0 saturated carbocycles. The van der Waals surface area contributed by atoms with E-state index in [4.69, 9.17) is 15.6 Å². The Hall–Kier alpha value is -3.68. The normalized spacial score (nSPS) is 11.3. The SMILES string of the molecule is Cc1ccc2nc3c(cc(C(N)=O)c(=N)n3Cc3ccco3)c(=O)n2c1. The van der Waals surface area contributed by atoms with Gasteiger partial charge in [-0.2, -0.15) is 0 Å². The molecule has 8 nitrogen and oxygen atoms in total. The highest BCUT2D eigenvalue weighted by molar-refractivity contribution is 5.95. The maximum atomic E-state index is 13.0. The molecule has 26 heavy (non-hydrogen) atoms. The minimum atomic E-state index is -0.779. The van der Waals surface area contributed by atoms with Crippen LogP contribution >= 0.6 is 0 Å². The number of nitrogens with zero attached hydrogens (tertiary/aromatic N) is 3. The first-order chi connectivity index (χ1) is 12.5. The van der Waals surface area contributed by atoms with Gasteiger partial charge < -0.3 is 14.7 Å². The molecule has 0 bridgehead atoms. The zero-order chi connectivity index (χ0) is 18.4. The van der Waals surface area contributed by atoms with Gasteiger partial charge in [-0.3, -0.25) is 19.4 Å². The van der Waals surface area contributed by atoms with Crippen molar-refractivity contribution in [1.82, 2.24) is 14.0 Å². The van der Waals surface area contributed by atoms with Gasteiger partial charge in [0.1, 0.15) is 22.5 Å². The molecule has 4 rings (SSSR count). The number of amides is 1. The summed E-state index contributed by atoms with van der Waals surface area (Å²) < 4.78 is 8.22. The number of nitrogens with two attached hydrogens (primary N) is 1. The highest BCUT2D eigenvalue weighted by Gasteiger charge is 2.16. The molecule has 130 valence electrons. The number of aryl methyl sites for hydroxylation is 1. The standard InChI is InChI=1S/C18H15N5O3/c1-10-4-5-14-21-17-13(18(25)22(14)8-10)7-12(16(20)24)15(19)23(17)9-11-3-2-6-26-11/h2-8,19H,9H2,1H3,(H2,20,24). The van der Waals surface area contributed by atoms with Crippen molar-refractivity contribution < 1.29 is 9.21 Å². The van der Waals surface area contributed by atoms with Gasteiger partial charge in [0.25, 0.3) is 11.5 Å². The number of nitrogens with one attached hydrogen (secondary N) is 1. The minimum Gasteiger partial charge on any atom is -0.467 e. The van der Waals surface area contributed by atoms with Crippen molar-refractivity contribution in [1.29, 1.82) is 5.41 Å². The molecule has 8 heteroatoms. The van der Waals surface area contributed by atoms with Gasteiger partial charge in [-0.25, -0.2) is 4.98 Å². The molecule has 0 unspecified atom stereocenters. The van der Waals surface area contributed by atoms with E-state index >= 15 is 0 Å². The lowest BCUT2D eigenvalue weighted by atomic mass is 10.2. The largest absolute Gasteiger partial charge is 0.467 e. The van der Waals surface area contributed by atoms with E-state index in [-0.39, 0.29) is 28.5 Å². The molecule has 0 saturated heterocycles. The number of aromatic nitrogens is 3. The van der Waals surface area contributed by atoms with Crippen molar-refractivity contribution in [2.75, 3.05) is 0 Å². The van der Waals surface area contributed by atoms with Crippen molar-refractivity contribution in [3.63, 3.8) is 0 Å². The summed E-state index contributed by atoms with van der Waals surface area (Å²) in [5, 5.41) is 8.56. The first kappa shape index (κ1) is 15.8. The summed E-state index contributed by atoms with van der Waals surface area (Å²) in [5.41, 5.74) is 6.56. The van der Waals surface area contributed by atoms with Gasteiger partial charge in [0.05, 0.1) is 23.8 Å². The van der Waals surface area contributed by atoms with Crippen molar-refractivity contribution >= 4 is 22.6 Å². The van der Waals surface area contributed by atoms with E-state index < -0.39 is 5.91 Å². The average molecular weight is 349 g/mol.